The summed E-state index contributed by atoms with van der Waals surface area (Å²) in [5, 5.41) is 0. The Hall–Kier alpha value is -3.15. The van der Waals surface area contributed by atoms with Gasteiger partial charge in [-0.2, -0.15) is 0 Å². The van der Waals surface area contributed by atoms with Crippen LogP contribution in [0.2, 0.25) is 0 Å². The van der Waals surface area contributed by atoms with Crippen LogP contribution in [0.5, 0.6) is 5.75 Å². The second-order valence-electron chi connectivity index (χ2n) is 4.97. The first-order valence-electron chi connectivity index (χ1n) is 6.96. The van der Waals surface area contributed by atoms with Gasteiger partial charge in [0.05, 0.1) is 11.3 Å². The molecule has 2 rings (SSSR count). The van der Waals surface area contributed by atoms with Gasteiger partial charge in [0, 0.05) is 5.92 Å². The fourth-order valence-corrected chi connectivity index (χ4v) is 1.91. The minimum absolute atomic E-state index is 0.0510. The Kier molecular flexibility index (Phi) is 5.09. The molecule has 0 aromatic heterocycles. The molecular formula is C17H17N3O3. The molecule has 0 radical (unpaired) electrons. The lowest BCUT2D eigenvalue weighted by molar-refractivity contribution is -0.108. The summed E-state index contributed by atoms with van der Waals surface area (Å²) in [5.74, 6) is -0.324. The summed E-state index contributed by atoms with van der Waals surface area (Å²) >= 11 is 0. The maximum absolute atomic E-state index is 12.1. The van der Waals surface area contributed by atoms with Gasteiger partial charge in [0.1, 0.15) is 12.0 Å². The molecule has 0 fully saturated rings. The van der Waals surface area contributed by atoms with Gasteiger partial charge in [-0.15, -0.1) is 0 Å². The summed E-state index contributed by atoms with van der Waals surface area (Å²) in [5.41, 5.74) is 12.4. The largest absolute Gasteiger partial charge is 0.423 e. The predicted octanol–water partition coefficient (Wildman–Crippen LogP) is 2.11. The zero-order valence-electron chi connectivity index (χ0n) is 12.6. The third kappa shape index (κ3) is 4.41. The maximum Gasteiger partial charge on any atom is 0.343 e. The topological polar surface area (TPSA) is 108 Å². The van der Waals surface area contributed by atoms with E-state index in [4.69, 9.17) is 16.2 Å². The number of carbonyl (C=O) groups excluding carboxylic acids is 2. The lowest BCUT2D eigenvalue weighted by atomic mass is 10.0. The van der Waals surface area contributed by atoms with Crippen molar-refractivity contribution in [2.45, 2.75) is 12.8 Å². The Morgan fingerprint density at radius 2 is 1.70 bits per heavy atom. The van der Waals surface area contributed by atoms with Gasteiger partial charge in [-0.25, -0.2) is 9.79 Å². The Morgan fingerprint density at radius 1 is 1.09 bits per heavy atom. The van der Waals surface area contributed by atoms with Crippen LogP contribution >= 0.6 is 0 Å². The molecule has 0 amide bonds. The highest BCUT2D eigenvalue weighted by Crippen LogP contribution is 2.19. The summed E-state index contributed by atoms with van der Waals surface area (Å²) in [7, 11) is 0. The van der Waals surface area contributed by atoms with E-state index in [1.165, 1.54) is 0 Å². The summed E-state index contributed by atoms with van der Waals surface area (Å²) in [4.78, 5) is 26.7. The van der Waals surface area contributed by atoms with Crippen LogP contribution in [0.15, 0.2) is 53.5 Å². The van der Waals surface area contributed by atoms with E-state index in [1.807, 2.05) is 0 Å². The van der Waals surface area contributed by atoms with E-state index in [-0.39, 0.29) is 11.9 Å². The normalized spacial score (nSPS) is 11.3. The van der Waals surface area contributed by atoms with Gasteiger partial charge in [0.25, 0.3) is 0 Å². The monoisotopic (exact) mass is 311 g/mol. The smallest absolute Gasteiger partial charge is 0.343 e. The Morgan fingerprint density at radius 3 is 2.22 bits per heavy atom. The number of benzene rings is 2. The lowest BCUT2D eigenvalue weighted by Crippen LogP contribution is -2.21. The number of hydrogen-bond acceptors (Lipinski definition) is 4. The average Bonchev–Trinajstić information content (AvgIpc) is 2.55. The first-order chi connectivity index (χ1) is 11.0. The van der Waals surface area contributed by atoms with E-state index in [9.17, 15) is 9.59 Å². The van der Waals surface area contributed by atoms with E-state index < -0.39 is 5.97 Å². The highest BCUT2D eigenvalue weighted by molar-refractivity contribution is 5.91. The minimum Gasteiger partial charge on any atom is -0.423 e. The summed E-state index contributed by atoms with van der Waals surface area (Å²) < 4.78 is 5.28. The van der Waals surface area contributed by atoms with Crippen molar-refractivity contribution in [2.75, 3.05) is 0 Å². The number of aliphatic imine (C=N–C) groups is 1. The van der Waals surface area contributed by atoms with E-state index in [1.54, 1.807) is 55.5 Å². The van der Waals surface area contributed by atoms with Crippen LogP contribution in [0.4, 0.5) is 5.69 Å². The average molecular weight is 311 g/mol. The van der Waals surface area contributed by atoms with Gasteiger partial charge in [0.2, 0.25) is 0 Å². The van der Waals surface area contributed by atoms with Crippen molar-refractivity contribution in [1.82, 2.24) is 0 Å². The number of rotatable bonds is 5. The van der Waals surface area contributed by atoms with Crippen LogP contribution < -0.4 is 16.2 Å². The molecule has 6 nitrogen and oxygen atoms in total. The first-order valence-corrected chi connectivity index (χ1v) is 6.96. The molecule has 0 saturated carbocycles. The second-order valence-corrected chi connectivity index (χ2v) is 4.97. The third-order valence-corrected chi connectivity index (χ3v) is 3.18. The third-order valence-electron chi connectivity index (χ3n) is 3.18. The van der Waals surface area contributed by atoms with Crippen LogP contribution in [0.1, 0.15) is 28.8 Å². The summed E-state index contributed by atoms with van der Waals surface area (Å²) in [6.07, 6.45) is 0.860. The molecule has 4 N–H and O–H groups in total. The molecular weight excluding hydrogens is 294 g/mol. The molecule has 0 aliphatic carbocycles. The van der Waals surface area contributed by atoms with Crippen LogP contribution in [0.3, 0.4) is 0 Å². The quantitative estimate of drug-likeness (QED) is 0.289. The van der Waals surface area contributed by atoms with Gasteiger partial charge in [-0.3, -0.25) is 0 Å². The Labute approximate surface area is 133 Å². The molecule has 0 aliphatic rings. The lowest BCUT2D eigenvalue weighted by Gasteiger charge is -2.07. The molecule has 0 heterocycles. The number of nitrogens with two attached hydrogens (primary N) is 2. The van der Waals surface area contributed by atoms with Crippen molar-refractivity contribution in [3.05, 3.63) is 59.7 Å². The number of aldehydes is 1. The van der Waals surface area contributed by atoms with E-state index in [0.29, 0.717) is 17.0 Å². The van der Waals surface area contributed by atoms with Crippen molar-refractivity contribution in [2.24, 2.45) is 16.5 Å². The Bertz CT molecular complexity index is 718. The fraction of sp³-hybridized carbons (Fsp3) is 0.118. The van der Waals surface area contributed by atoms with Crippen LogP contribution in [-0.4, -0.2) is 18.2 Å². The molecule has 0 aliphatic heterocycles. The van der Waals surface area contributed by atoms with Crippen LogP contribution in [0.25, 0.3) is 0 Å². The van der Waals surface area contributed by atoms with Crippen LogP contribution in [0, 0.1) is 0 Å². The first kappa shape index (κ1) is 16.2. The van der Waals surface area contributed by atoms with Crippen molar-refractivity contribution in [3.8, 4) is 5.75 Å². The van der Waals surface area contributed by atoms with Crippen molar-refractivity contribution in [1.29, 1.82) is 0 Å². The molecule has 1 unspecified atom stereocenters. The second kappa shape index (κ2) is 7.22. The minimum atomic E-state index is -0.488. The molecule has 0 spiro atoms. The van der Waals surface area contributed by atoms with E-state index >= 15 is 0 Å². The molecule has 0 saturated heterocycles. The molecule has 2 aromatic rings. The van der Waals surface area contributed by atoms with E-state index in [0.717, 1.165) is 11.8 Å². The summed E-state index contributed by atoms with van der Waals surface area (Å²) in [6, 6.07) is 13.2. The zero-order chi connectivity index (χ0) is 16.8. The SMILES string of the molecule is CC(C=O)c1ccc(OC(=O)c2ccc(N=C(N)N)cc2)cc1. The van der Waals surface area contributed by atoms with Gasteiger partial charge >= 0.3 is 5.97 Å². The number of ether oxygens (including phenoxy) is 1. The Balaban J connectivity index is 2.06. The molecule has 1 atom stereocenters. The van der Waals surface area contributed by atoms with Crippen molar-refractivity contribution >= 4 is 23.9 Å². The molecule has 23 heavy (non-hydrogen) atoms. The van der Waals surface area contributed by atoms with Gasteiger partial charge in [-0.05, 0) is 42.0 Å². The fourth-order valence-electron chi connectivity index (χ4n) is 1.91. The number of guanidine groups is 1. The van der Waals surface area contributed by atoms with Crippen LogP contribution in [-0.2, 0) is 4.79 Å². The van der Waals surface area contributed by atoms with Gasteiger partial charge in [-0.1, -0.05) is 19.1 Å². The van der Waals surface area contributed by atoms with Crippen molar-refractivity contribution < 1.29 is 14.3 Å². The predicted molar refractivity (Wildman–Crippen MR) is 87.8 cm³/mol. The number of esters is 1. The molecule has 0 bridgehead atoms. The molecule has 118 valence electrons. The van der Waals surface area contributed by atoms with Gasteiger partial charge < -0.3 is 21.0 Å². The molecule has 6 heteroatoms. The zero-order valence-corrected chi connectivity index (χ0v) is 12.6. The number of carbonyl (C=O) groups is 2. The highest BCUT2D eigenvalue weighted by atomic mass is 16.5. The van der Waals surface area contributed by atoms with Crippen molar-refractivity contribution in [3.63, 3.8) is 0 Å². The summed E-state index contributed by atoms with van der Waals surface area (Å²) in [6.45, 7) is 1.80. The number of nitrogens with zero attached hydrogens (tertiary/aromatic N) is 1. The molecule has 2 aromatic carbocycles. The highest BCUT2D eigenvalue weighted by Gasteiger charge is 2.09. The standard InChI is InChI=1S/C17H17N3O3/c1-11(10-21)12-4-8-15(9-5-12)23-16(22)13-2-6-14(7-3-13)20-17(18)19/h2-11H,1H3,(H4,18,19,20). The van der Waals surface area contributed by atoms with Gasteiger partial charge in [0.15, 0.2) is 5.96 Å². The van der Waals surface area contributed by atoms with E-state index in [2.05, 4.69) is 4.99 Å². The number of hydrogen-bond donors (Lipinski definition) is 2. The maximum atomic E-state index is 12.1.